The number of carbonyl (C=O) groups is 1. The Balaban J connectivity index is 1.61. The van der Waals surface area contributed by atoms with Crippen molar-refractivity contribution in [1.82, 2.24) is 9.62 Å². The molecular formula is C21H25ClN2O4S. The van der Waals surface area contributed by atoms with Crippen molar-refractivity contribution in [3.05, 3.63) is 59.1 Å². The fourth-order valence-corrected chi connectivity index (χ4v) is 5.05. The Morgan fingerprint density at radius 3 is 2.52 bits per heavy atom. The molecule has 2 aromatic carbocycles. The van der Waals surface area contributed by atoms with E-state index in [0.29, 0.717) is 31.0 Å². The molecule has 2 aromatic rings. The molecule has 8 heteroatoms. The molecule has 0 bridgehead atoms. The summed E-state index contributed by atoms with van der Waals surface area (Å²) in [7, 11) is -3.76. The summed E-state index contributed by atoms with van der Waals surface area (Å²) in [5.74, 6) is 0.421. The van der Waals surface area contributed by atoms with Crippen molar-refractivity contribution in [1.29, 1.82) is 0 Å². The average molecular weight is 437 g/mol. The van der Waals surface area contributed by atoms with E-state index in [9.17, 15) is 13.2 Å². The van der Waals surface area contributed by atoms with Crippen molar-refractivity contribution in [2.45, 2.75) is 43.7 Å². The largest absolute Gasteiger partial charge is 0.491 e. The summed E-state index contributed by atoms with van der Waals surface area (Å²) in [5, 5.41) is 3.34. The Morgan fingerprint density at radius 2 is 1.86 bits per heavy atom. The van der Waals surface area contributed by atoms with Crippen LogP contribution in [0.2, 0.25) is 5.02 Å². The van der Waals surface area contributed by atoms with Crippen LogP contribution in [0.5, 0.6) is 5.75 Å². The number of aryl methyl sites for hydroxylation is 1. The van der Waals surface area contributed by atoms with Gasteiger partial charge in [0.2, 0.25) is 15.9 Å². The lowest BCUT2D eigenvalue weighted by molar-refractivity contribution is -0.125. The number of ether oxygens (including phenoxy) is 1. The summed E-state index contributed by atoms with van der Waals surface area (Å²) in [6, 6.07) is 12.7. The van der Waals surface area contributed by atoms with Crippen LogP contribution in [-0.2, 0) is 14.8 Å². The van der Waals surface area contributed by atoms with Crippen molar-refractivity contribution >= 4 is 27.5 Å². The molecule has 0 spiro atoms. The van der Waals surface area contributed by atoms with Crippen molar-refractivity contribution < 1.29 is 17.9 Å². The molecule has 2 atom stereocenters. The van der Waals surface area contributed by atoms with Gasteiger partial charge in [-0.25, -0.2) is 8.42 Å². The predicted molar refractivity (Wildman–Crippen MR) is 113 cm³/mol. The second kappa shape index (κ2) is 9.15. The Bertz CT molecular complexity index is 946. The maximum absolute atomic E-state index is 13.0. The summed E-state index contributed by atoms with van der Waals surface area (Å²) in [6.45, 7) is 4.44. The number of benzene rings is 2. The third-order valence-corrected chi connectivity index (χ3v) is 7.01. The second-order valence-corrected chi connectivity index (χ2v) is 9.59. The molecule has 1 aliphatic rings. The smallest absolute Gasteiger partial charge is 0.243 e. The van der Waals surface area contributed by atoms with Gasteiger partial charge in [0, 0.05) is 11.6 Å². The number of hydrogen-bond donors (Lipinski definition) is 1. The zero-order valence-corrected chi connectivity index (χ0v) is 18.0. The van der Waals surface area contributed by atoms with Gasteiger partial charge in [0.15, 0.2) is 0 Å². The van der Waals surface area contributed by atoms with Gasteiger partial charge in [0.25, 0.3) is 0 Å². The molecule has 1 amide bonds. The van der Waals surface area contributed by atoms with Gasteiger partial charge in [-0.2, -0.15) is 4.31 Å². The van der Waals surface area contributed by atoms with Gasteiger partial charge < -0.3 is 10.1 Å². The van der Waals surface area contributed by atoms with E-state index in [0.717, 1.165) is 11.3 Å². The lowest BCUT2D eigenvalue weighted by atomic mass is 10.2. The Labute approximate surface area is 176 Å². The number of rotatable bonds is 7. The van der Waals surface area contributed by atoms with E-state index in [2.05, 4.69) is 5.32 Å². The van der Waals surface area contributed by atoms with Gasteiger partial charge in [0.05, 0.1) is 10.9 Å². The molecule has 1 saturated heterocycles. The van der Waals surface area contributed by atoms with Gasteiger partial charge in [0.1, 0.15) is 18.4 Å². The molecular weight excluding hydrogens is 412 g/mol. The summed E-state index contributed by atoms with van der Waals surface area (Å²) < 4.78 is 32.9. The molecule has 1 heterocycles. The van der Waals surface area contributed by atoms with E-state index in [4.69, 9.17) is 16.3 Å². The number of hydrogen-bond acceptors (Lipinski definition) is 4. The van der Waals surface area contributed by atoms with Crippen LogP contribution in [-0.4, -0.2) is 43.9 Å². The monoisotopic (exact) mass is 436 g/mol. The minimum Gasteiger partial charge on any atom is -0.491 e. The molecule has 3 rings (SSSR count). The van der Waals surface area contributed by atoms with Crippen molar-refractivity contribution in [3.8, 4) is 5.75 Å². The summed E-state index contributed by atoms with van der Waals surface area (Å²) >= 11 is 5.86. The minimum atomic E-state index is -3.76. The Hall–Kier alpha value is -2.09. The third kappa shape index (κ3) is 5.29. The Kier molecular flexibility index (Phi) is 6.82. The van der Waals surface area contributed by atoms with Crippen LogP contribution in [0, 0.1) is 6.92 Å². The first kappa shape index (κ1) is 21.6. The molecule has 0 saturated carbocycles. The van der Waals surface area contributed by atoms with Crippen LogP contribution in [0.25, 0.3) is 0 Å². The summed E-state index contributed by atoms with van der Waals surface area (Å²) in [6.07, 6.45) is 1.13. The van der Waals surface area contributed by atoms with Crippen molar-refractivity contribution in [3.63, 3.8) is 0 Å². The minimum absolute atomic E-state index is 0.136. The van der Waals surface area contributed by atoms with Crippen LogP contribution in [0.4, 0.5) is 0 Å². The number of nitrogens with one attached hydrogen (secondary N) is 1. The van der Waals surface area contributed by atoms with Crippen LogP contribution >= 0.6 is 11.6 Å². The lowest BCUT2D eigenvalue weighted by Gasteiger charge is -2.25. The fraction of sp³-hybridized carbons (Fsp3) is 0.381. The third-order valence-electron chi connectivity index (χ3n) is 4.84. The topological polar surface area (TPSA) is 75.7 Å². The Morgan fingerprint density at radius 1 is 1.21 bits per heavy atom. The van der Waals surface area contributed by atoms with Crippen LogP contribution in [0.15, 0.2) is 53.4 Å². The number of sulfonamides is 1. The van der Waals surface area contributed by atoms with E-state index in [-0.39, 0.29) is 16.8 Å². The first-order valence-electron chi connectivity index (χ1n) is 9.54. The molecule has 156 valence electrons. The highest BCUT2D eigenvalue weighted by Crippen LogP contribution is 2.27. The normalized spacial score (nSPS) is 18.4. The molecule has 29 heavy (non-hydrogen) atoms. The van der Waals surface area contributed by atoms with Gasteiger partial charge in [-0.05, 0) is 63.1 Å². The number of carbonyl (C=O) groups excluding carboxylic acids is 1. The lowest BCUT2D eigenvalue weighted by Crippen LogP contribution is -2.49. The SMILES string of the molecule is Cc1ccc(OC[C@@H](C)NC(=O)[C@@H]2CCCN2S(=O)(=O)c2ccc(Cl)cc2)cc1. The molecule has 0 aromatic heterocycles. The second-order valence-electron chi connectivity index (χ2n) is 7.26. The molecule has 0 unspecified atom stereocenters. The highest BCUT2D eigenvalue weighted by molar-refractivity contribution is 7.89. The van der Waals surface area contributed by atoms with Gasteiger partial charge in [-0.15, -0.1) is 0 Å². The zero-order valence-electron chi connectivity index (χ0n) is 16.5. The first-order valence-corrected chi connectivity index (χ1v) is 11.4. The van der Waals surface area contributed by atoms with E-state index >= 15 is 0 Å². The quantitative estimate of drug-likeness (QED) is 0.721. The first-order chi connectivity index (χ1) is 13.8. The van der Waals surface area contributed by atoms with E-state index < -0.39 is 16.1 Å². The van der Waals surface area contributed by atoms with Crippen molar-refractivity contribution in [2.24, 2.45) is 0 Å². The fourth-order valence-electron chi connectivity index (χ4n) is 3.27. The highest BCUT2D eigenvalue weighted by atomic mass is 35.5. The zero-order chi connectivity index (χ0) is 21.0. The molecule has 1 N–H and O–H groups in total. The standard InChI is InChI=1S/C21H25ClN2O4S/c1-15-5-9-18(10-6-15)28-14-16(2)23-21(25)20-4-3-13-24(20)29(26,27)19-11-7-17(22)8-12-19/h5-12,16,20H,3-4,13-14H2,1-2H3,(H,23,25)/t16-,20+/m1/s1. The van der Waals surface area contributed by atoms with Crippen LogP contribution in [0.1, 0.15) is 25.3 Å². The van der Waals surface area contributed by atoms with Crippen LogP contribution in [0.3, 0.4) is 0 Å². The van der Waals surface area contributed by atoms with Gasteiger partial charge in [-0.1, -0.05) is 29.3 Å². The number of nitrogens with zero attached hydrogens (tertiary/aromatic N) is 1. The summed E-state index contributed by atoms with van der Waals surface area (Å²) in [5.41, 5.74) is 1.14. The molecule has 1 aliphatic heterocycles. The number of halogens is 1. The molecule has 6 nitrogen and oxygen atoms in total. The van der Waals surface area contributed by atoms with Crippen LogP contribution < -0.4 is 10.1 Å². The van der Waals surface area contributed by atoms with E-state index in [1.165, 1.54) is 28.6 Å². The maximum Gasteiger partial charge on any atom is 0.243 e. The van der Waals surface area contributed by atoms with E-state index in [1.54, 1.807) is 0 Å². The summed E-state index contributed by atoms with van der Waals surface area (Å²) in [4.78, 5) is 12.9. The number of amides is 1. The average Bonchev–Trinajstić information content (AvgIpc) is 3.19. The van der Waals surface area contributed by atoms with E-state index in [1.807, 2.05) is 38.1 Å². The highest BCUT2D eigenvalue weighted by Gasteiger charge is 2.39. The molecule has 0 aliphatic carbocycles. The van der Waals surface area contributed by atoms with Gasteiger partial charge >= 0.3 is 0 Å². The molecule has 0 radical (unpaired) electrons. The van der Waals surface area contributed by atoms with Gasteiger partial charge in [-0.3, -0.25) is 4.79 Å². The molecule has 1 fully saturated rings. The van der Waals surface area contributed by atoms with Crippen molar-refractivity contribution in [2.75, 3.05) is 13.2 Å². The predicted octanol–water partition coefficient (Wildman–Crippen LogP) is 3.39. The maximum atomic E-state index is 13.0.